The third-order valence-electron chi connectivity index (χ3n) is 4.58. The van der Waals surface area contributed by atoms with Crippen LogP contribution in [-0.2, 0) is 16.0 Å². The van der Waals surface area contributed by atoms with Crippen molar-refractivity contribution in [1.29, 1.82) is 0 Å². The molecule has 2 aliphatic rings. The molecule has 1 aliphatic carbocycles. The normalized spacial score (nSPS) is 24.9. The average molecular weight is 287 g/mol. The first kappa shape index (κ1) is 14.6. The lowest BCUT2D eigenvalue weighted by molar-refractivity contribution is -0.156. The minimum absolute atomic E-state index is 0.164. The topological polar surface area (TPSA) is 29.5 Å². The van der Waals surface area contributed by atoms with Gasteiger partial charge in [0.25, 0.3) is 0 Å². The molecule has 1 aromatic rings. The summed E-state index contributed by atoms with van der Waals surface area (Å²) in [5.74, 6) is 0.630. The summed E-state index contributed by atoms with van der Waals surface area (Å²) < 4.78 is 6.00. The van der Waals surface area contributed by atoms with Gasteiger partial charge in [-0.3, -0.25) is 4.79 Å². The molecule has 1 amide bonds. The van der Waals surface area contributed by atoms with Gasteiger partial charge in [0, 0.05) is 12.5 Å². The second-order valence-corrected chi connectivity index (χ2v) is 6.99. The Morgan fingerprint density at radius 1 is 1.29 bits per heavy atom. The van der Waals surface area contributed by atoms with Gasteiger partial charge in [0.15, 0.2) is 0 Å². The quantitative estimate of drug-likeness (QED) is 0.852. The number of carbonyl (C=O) groups is 1. The number of nitrogens with zero attached hydrogens (tertiary/aromatic N) is 1. The molecular formula is C18H25NO2. The van der Waals surface area contributed by atoms with Gasteiger partial charge in [-0.05, 0) is 45.1 Å². The third-order valence-corrected chi connectivity index (χ3v) is 4.58. The van der Waals surface area contributed by atoms with Gasteiger partial charge in [-0.15, -0.1) is 0 Å². The van der Waals surface area contributed by atoms with Gasteiger partial charge >= 0.3 is 0 Å². The molecule has 3 heteroatoms. The van der Waals surface area contributed by atoms with Crippen LogP contribution in [-0.4, -0.2) is 35.6 Å². The van der Waals surface area contributed by atoms with Gasteiger partial charge in [0.05, 0.1) is 18.2 Å². The van der Waals surface area contributed by atoms with Crippen LogP contribution < -0.4 is 0 Å². The van der Waals surface area contributed by atoms with Gasteiger partial charge in [-0.25, -0.2) is 0 Å². The Bertz CT molecular complexity index is 493. The summed E-state index contributed by atoms with van der Waals surface area (Å²) in [6, 6.07) is 10.5. The van der Waals surface area contributed by atoms with Gasteiger partial charge in [-0.1, -0.05) is 30.3 Å². The number of rotatable bonds is 4. The number of morpholine rings is 1. The molecule has 1 saturated carbocycles. The van der Waals surface area contributed by atoms with E-state index in [4.69, 9.17) is 4.74 Å². The van der Waals surface area contributed by atoms with Crippen molar-refractivity contribution in [2.24, 2.45) is 5.92 Å². The van der Waals surface area contributed by atoms with Crippen molar-refractivity contribution >= 4 is 5.91 Å². The summed E-state index contributed by atoms with van der Waals surface area (Å²) in [6.07, 6.45) is 4.30. The molecule has 0 spiro atoms. The molecule has 1 saturated heterocycles. The van der Waals surface area contributed by atoms with Crippen molar-refractivity contribution in [3.8, 4) is 0 Å². The first-order chi connectivity index (χ1) is 10.1. The number of ether oxygens (including phenoxy) is 1. The Kier molecular flexibility index (Phi) is 4.03. The van der Waals surface area contributed by atoms with Crippen LogP contribution in [0, 0.1) is 5.92 Å². The van der Waals surface area contributed by atoms with Crippen molar-refractivity contribution in [2.45, 2.75) is 51.2 Å². The lowest BCUT2D eigenvalue weighted by atomic mass is 9.97. The first-order valence-corrected chi connectivity index (χ1v) is 8.03. The van der Waals surface area contributed by atoms with Crippen LogP contribution in [0.5, 0.6) is 0 Å². The highest BCUT2D eigenvalue weighted by Gasteiger charge is 2.43. The second kappa shape index (κ2) is 5.80. The van der Waals surface area contributed by atoms with Crippen LogP contribution in [0.4, 0.5) is 0 Å². The fourth-order valence-electron chi connectivity index (χ4n) is 2.99. The van der Waals surface area contributed by atoms with Crippen LogP contribution in [0.2, 0.25) is 0 Å². The minimum Gasteiger partial charge on any atom is -0.374 e. The van der Waals surface area contributed by atoms with Crippen molar-refractivity contribution < 1.29 is 9.53 Å². The fraction of sp³-hybridized carbons (Fsp3) is 0.611. The van der Waals surface area contributed by atoms with Crippen molar-refractivity contribution in [3.05, 3.63) is 35.9 Å². The highest BCUT2D eigenvalue weighted by molar-refractivity contribution is 5.81. The molecule has 1 aliphatic heterocycles. The molecular weight excluding hydrogens is 262 g/mol. The fourth-order valence-corrected chi connectivity index (χ4v) is 2.99. The zero-order chi connectivity index (χ0) is 14.9. The van der Waals surface area contributed by atoms with E-state index in [9.17, 15) is 4.79 Å². The molecule has 2 fully saturated rings. The number of benzene rings is 1. The van der Waals surface area contributed by atoms with Crippen molar-refractivity contribution in [3.63, 3.8) is 0 Å². The monoisotopic (exact) mass is 287 g/mol. The number of amides is 1. The summed E-state index contributed by atoms with van der Waals surface area (Å²) in [7, 11) is 0. The molecule has 0 aromatic heterocycles. The molecule has 0 N–H and O–H groups in total. The van der Waals surface area contributed by atoms with Crippen LogP contribution >= 0.6 is 0 Å². The molecule has 0 bridgehead atoms. The van der Waals surface area contributed by atoms with Crippen LogP contribution in [0.15, 0.2) is 30.3 Å². The number of carbonyl (C=O) groups excluding carboxylic acids is 1. The smallest absolute Gasteiger partial charge is 0.226 e. The van der Waals surface area contributed by atoms with Gasteiger partial charge < -0.3 is 9.64 Å². The molecule has 1 atom stereocenters. The van der Waals surface area contributed by atoms with Gasteiger partial charge in [0.1, 0.15) is 0 Å². The Morgan fingerprint density at radius 2 is 2.00 bits per heavy atom. The van der Waals surface area contributed by atoms with Gasteiger partial charge in [0.2, 0.25) is 5.91 Å². The van der Waals surface area contributed by atoms with E-state index >= 15 is 0 Å². The summed E-state index contributed by atoms with van der Waals surface area (Å²) in [5, 5.41) is 0. The van der Waals surface area contributed by atoms with Gasteiger partial charge in [-0.2, -0.15) is 0 Å². The van der Waals surface area contributed by atoms with Crippen LogP contribution in [0.3, 0.4) is 0 Å². The SMILES string of the molecule is CC1(C)COC(CCc2ccccc2)CN1C(=O)C1CC1. The maximum atomic E-state index is 12.5. The van der Waals surface area contributed by atoms with Crippen LogP contribution in [0.1, 0.15) is 38.7 Å². The highest BCUT2D eigenvalue weighted by atomic mass is 16.5. The van der Waals surface area contributed by atoms with E-state index < -0.39 is 0 Å². The first-order valence-electron chi connectivity index (χ1n) is 8.03. The van der Waals surface area contributed by atoms with E-state index in [1.54, 1.807) is 0 Å². The predicted molar refractivity (Wildman–Crippen MR) is 83.0 cm³/mol. The minimum atomic E-state index is -0.164. The lowest BCUT2D eigenvalue weighted by Crippen LogP contribution is -2.58. The molecule has 1 unspecified atom stereocenters. The molecule has 3 nitrogen and oxygen atoms in total. The Labute approximate surface area is 127 Å². The summed E-state index contributed by atoms with van der Waals surface area (Å²) in [5.41, 5.74) is 1.18. The molecule has 1 heterocycles. The van der Waals surface area contributed by atoms with E-state index in [0.717, 1.165) is 32.2 Å². The molecule has 1 aromatic carbocycles. The number of hydrogen-bond acceptors (Lipinski definition) is 2. The molecule has 0 radical (unpaired) electrons. The molecule has 114 valence electrons. The van der Waals surface area contributed by atoms with E-state index in [1.807, 2.05) is 6.07 Å². The van der Waals surface area contributed by atoms with Crippen molar-refractivity contribution in [2.75, 3.05) is 13.2 Å². The molecule has 3 rings (SSSR count). The summed E-state index contributed by atoms with van der Waals surface area (Å²) >= 11 is 0. The largest absolute Gasteiger partial charge is 0.374 e. The van der Waals surface area contributed by atoms with Crippen LogP contribution in [0.25, 0.3) is 0 Å². The van der Waals surface area contributed by atoms with E-state index in [-0.39, 0.29) is 17.6 Å². The summed E-state index contributed by atoms with van der Waals surface area (Å²) in [6.45, 7) is 5.61. The number of aryl methyl sites for hydroxylation is 1. The van der Waals surface area contributed by atoms with E-state index in [1.165, 1.54) is 5.56 Å². The standard InChI is InChI=1S/C18H25NO2/c1-18(2)13-21-16(11-8-14-6-4-3-5-7-14)12-19(18)17(20)15-9-10-15/h3-7,15-16H,8-13H2,1-2H3. The zero-order valence-corrected chi connectivity index (χ0v) is 13.0. The maximum Gasteiger partial charge on any atom is 0.226 e. The number of hydrogen-bond donors (Lipinski definition) is 0. The predicted octanol–water partition coefficient (Wildman–Crippen LogP) is 3.04. The Balaban J connectivity index is 1.59. The average Bonchev–Trinajstić information content (AvgIpc) is 3.31. The Hall–Kier alpha value is -1.35. The zero-order valence-electron chi connectivity index (χ0n) is 13.0. The lowest BCUT2D eigenvalue weighted by Gasteiger charge is -2.45. The maximum absolute atomic E-state index is 12.5. The second-order valence-electron chi connectivity index (χ2n) is 6.99. The van der Waals surface area contributed by atoms with E-state index in [0.29, 0.717) is 12.5 Å². The van der Waals surface area contributed by atoms with Crippen molar-refractivity contribution in [1.82, 2.24) is 4.90 Å². The summed E-state index contributed by atoms with van der Waals surface area (Å²) in [4.78, 5) is 14.5. The highest BCUT2D eigenvalue weighted by Crippen LogP contribution is 2.35. The Morgan fingerprint density at radius 3 is 2.67 bits per heavy atom. The molecule has 21 heavy (non-hydrogen) atoms. The third kappa shape index (κ3) is 3.46. The van der Waals surface area contributed by atoms with E-state index in [2.05, 4.69) is 43.0 Å².